The molecule has 2 amide bonds. The van der Waals surface area contributed by atoms with Gasteiger partial charge in [0.25, 0.3) is 11.8 Å². The summed E-state index contributed by atoms with van der Waals surface area (Å²) in [7, 11) is 0. The lowest BCUT2D eigenvalue weighted by molar-refractivity contribution is 0.0680. The van der Waals surface area contributed by atoms with Gasteiger partial charge >= 0.3 is 0 Å². The Morgan fingerprint density at radius 2 is 1.72 bits per heavy atom. The van der Waals surface area contributed by atoms with E-state index in [1.807, 2.05) is 0 Å². The molecule has 25 heavy (non-hydrogen) atoms. The molecule has 5 nitrogen and oxygen atoms in total. The number of fused-ring (bicyclic) bond motifs is 2. The van der Waals surface area contributed by atoms with Gasteiger partial charge in [0, 0.05) is 36.3 Å². The van der Waals surface area contributed by atoms with Crippen LogP contribution in [0.4, 0.5) is 0 Å². The first kappa shape index (κ1) is 17.9. The van der Waals surface area contributed by atoms with Crippen molar-refractivity contribution in [3.63, 3.8) is 0 Å². The minimum atomic E-state index is -0.0898. The molecule has 2 aliphatic heterocycles. The summed E-state index contributed by atoms with van der Waals surface area (Å²) in [4.78, 5) is 27.2. The monoisotopic (exact) mass is 343 g/mol. The van der Waals surface area contributed by atoms with Crippen molar-refractivity contribution in [2.45, 2.75) is 52.1 Å². The van der Waals surface area contributed by atoms with Crippen LogP contribution in [0.2, 0.25) is 0 Å². The molecule has 2 atom stereocenters. The van der Waals surface area contributed by atoms with Gasteiger partial charge in [0.2, 0.25) is 0 Å². The van der Waals surface area contributed by atoms with Crippen LogP contribution in [0, 0.1) is 5.41 Å². The zero-order valence-corrected chi connectivity index (χ0v) is 15.5. The number of rotatable bonds is 3. The van der Waals surface area contributed by atoms with Gasteiger partial charge < -0.3 is 15.5 Å². The molecule has 136 valence electrons. The molecule has 2 saturated heterocycles. The summed E-state index contributed by atoms with van der Waals surface area (Å²) in [6.07, 6.45) is 3.21. The van der Waals surface area contributed by atoms with E-state index in [1.54, 1.807) is 24.3 Å². The van der Waals surface area contributed by atoms with Gasteiger partial charge in [0.05, 0.1) is 0 Å². The summed E-state index contributed by atoms with van der Waals surface area (Å²) < 4.78 is 0. The van der Waals surface area contributed by atoms with Crippen LogP contribution in [-0.2, 0) is 0 Å². The second kappa shape index (κ2) is 7.16. The quantitative estimate of drug-likeness (QED) is 0.886. The summed E-state index contributed by atoms with van der Waals surface area (Å²) in [5, 5.41) is 6.36. The number of carbonyl (C=O) groups excluding carboxylic acids is 2. The fraction of sp³-hybridized carbons (Fsp3) is 0.600. The van der Waals surface area contributed by atoms with Gasteiger partial charge in [0.15, 0.2) is 0 Å². The highest BCUT2D eigenvalue weighted by Crippen LogP contribution is 2.29. The maximum atomic E-state index is 12.9. The number of nitrogens with zero attached hydrogens (tertiary/aromatic N) is 1. The molecule has 2 heterocycles. The maximum absolute atomic E-state index is 12.9. The molecule has 5 heteroatoms. The third-order valence-electron chi connectivity index (χ3n) is 5.06. The van der Waals surface area contributed by atoms with Gasteiger partial charge in [-0.3, -0.25) is 9.59 Å². The zero-order chi connectivity index (χ0) is 18.0. The Kier molecular flexibility index (Phi) is 5.13. The number of nitrogens with one attached hydrogen (secondary N) is 2. The Hall–Kier alpha value is -1.88. The van der Waals surface area contributed by atoms with Crippen molar-refractivity contribution in [1.29, 1.82) is 0 Å². The number of carbonyl (C=O) groups is 2. The predicted octanol–water partition coefficient (Wildman–Crippen LogP) is 2.43. The van der Waals surface area contributed by atoms with Crippen LogP contribution < -0.4 is 10.6 Å². The Labute approximate surface area is 150 Å². The number of benzene rings is 1. The fourth-order valence-corrected chi connectivity index (χ4v) is 3.67. The molecule has 2 fully saturated rings. The van der Waals surface area contributed by atoms with Gasteiger partial charge in [-0.15, -0.1) is 0 Å². The molecule has 2 unspecified atom stereocenters. The van der Waals surface area contributed by atoms with Crippen LogP contribution in [0.5, 0.6) is 0 Å². The standard InChI is InChI=1S/C20H29N3O2/c1-20(2,3)13-22-18(24)14-4-6-15(7-5-14)19(25)23-16-8-9-17(23)12-21-11-10-16/h4-7,16-17,21H,8-13H2,1-3H3,(H,22,24). The molecule has 1 aromatic rings. The van der Waals surface area contributed by atoms with E-state index in [9.17, 15) is 9.59 Å². The average Bonchev–Trinajstić information content (AvgIpc) is 2.84. The SMILES string of the molecule is CC(C)(C)CNC(=O)c1ccc(C(=O)N2C3CCNCC2CC3)cc1. The Morgan fingerprint density at radius 3 is 2.40 bits per heavy atom. The van der Waals surface area contributed by atoms with Crippen LogP contribution in [0.3, 0.4) is 0 Å². The lowest BCUT2D eigenvalue weighted by atomic mass is 9.97. The second-order valence-corrected chi connectivity index (χ2v) is 8.41. The van der Waals surface area contributed by atoms with Crippen molar-refractivity contribution in [2.75, 3.05) is 19.6 Å². The molecular formula is C20H29N3O2. The van der Waals surface area contributed by atoms with E-state index in [1.165, 1.54) is 0 Å². The molecule has 0 radical (unpaired) electrons. The number of amides is 2. The summed E-state index contributed by atoms with van der Waals surface area (Å²) in [5.41, 5.74) is 1.32. The van der Waals surface area contributed by atoms with E-state index in [-0.39, 0.29) is 17.2 Å². The lowest BCUT2D eigenvalue weighted by Crippen LogP contribution is -2.42. The summed E-state index contributed by atoms with van der Waals surface area (Å²) in [6, 6.07) is 7.72. The van der Waals surface area contributed by atoms with E-state index < -0.39 is 0 Å². The molecule has 0 aromatic heterocycles. The molecule has 3 rings (SSSR count). The molecule has 2 aliphatic rings. The first-order valence-corrected chi connectivity index (χ1v) is 9.27. The van der Waals surface area contributed by atoms with Crippen molar-refractivity contribution in [3.05, 3.63) is 35.4 Å². The molecule has 0 saturated carbocycles. The molecule has 0 spiro atoms. The van der Waals surface area contributed by atoms with E-state index in [0.29, 0.717) is 29.8 Å². The van der Waals surface area contributed by atoms with Crippen molar-refractivity contribution in [3.8, 4) is 0 Å². The molecular weight excluding hydrogens is 314 g/mol. The van der Waals surface area contributed by atoms with Gasteiger partial charge in [-0.2, -0.15) is 0 Å². The zero-order valence-electron chi connectivity index (χ0n) is 15.5. The van der Waals surface area contributed by atoms with E-state index in [2.05, 4.69) is 36.3 Å². The summed E-state index contributed by atoms with van der Waals surface area (Å²) in [5.74, 6) is 0.00538. The smallest absolute Gasteiger partial charge is 0.254 e. The number of hydrogen-bond donors (Lipinski definition) is 2. The van der Waals surface area contributed by atoms with Crippen molar-refractivity contribution < 1.29 is 9.59 Å². The van der Waals surface area contributed by atoms with Crippen molar-refractivity contribution >= 4 is 11.8 Å². The van der Waals surface area contributed by atoms with Crippen LogP contribution in [0.15, 0.2) is 24.3 Å². The highest BCUT2D eigenvalue weighted by molar-refractivity contribution is 5.98. The molecule has 2 bridgehead atoms. The van der Waals surface area contributed by atoms with Crippen LogP contribution in [0.25, 0.3) is 0 Å². The molecule has 0 aliphatic carbocycles. The van der Waals surface area contributed by atoms with Crippen LogP contribution in [-0.4, -0.2) is 48.4 Å². The van der Waals surface area contributed by atoms with Crippen LogP contribution >= 0.6 is 0 Å². The molecule has 2 N–H and O–H groups in total. The normalized spacial score (nSPS) is 23.2. The van der Waals surface area contributed by atoms with Gasteiger partial charge in [-0.1, -0.05) is 20.8 Å². The van der Waals surface area contributed by atoms with Gasteiger partial charge in [-0.05, 0) is 55.5 Å². The third kappa shape index (κ3) is 4.21. The summed E-state index contributed by atoms with van der Waals surface area (Å²) in [6.45, 7) is 8.74. The first-order chi connectivity index (χ1) is 11.8. The topological polar surface area (TPSA) is 61.4 Å². The van der Waals surface area contributed by atoms with Gasteiger partial charge in [-0.25, -0.2) is 0 Å². The fourth-order valence-electron chi connectivity index (χ4n) is 3.67. The Balaban J connectivity index is 1.67. The van der Waals surface area contributed by atoms with E-state index in [0.717, 1.165) is 32.4 Å². The highest BCUT2D eigenvalue weighted by atomic mass is 16.2. The second-order valence-electron chi connectivity index (χ2n) is 8.41. The third-order valence-corrected chi connectivity index (χ3v) is 5.06. The Morgan fingerprint density at radius 1 is 1.08 bits per heavy atom. The lowest BCUT2D eigenvalue weighted by Gasteiger charge is -2.28. The Bertz CT molecular complexity index is 619. The van der Waals surface area contributed by atoms with Crippen LogP contribution in [0.1, 0.15) is 60.7 Å². The predicted molar refractivity (Wildman–Crippen MR) is 98.7 cm³/mol. The van der Waals surface area contributed by atoms with E-state index in [4.69, 9.17) is 0 Å². The highest BCUT2D eigenvalue weighted by Gasteiger charge is 2.38. The van der Waals surface area contributed by atoms with Gasteiger partial charge in [0.1, 0.15) is 0 Å². The van der Waals surface area contributed by atoms with E-state index >= 15 is 0 Å². The maximum Gasteiger partial charge on any atom is 0.254 e. The summed E-state index contributed by atoms with van der Waals surface area (Å²) >= 11 is 0. The first-order valence-electron chi connectivity index (χ1n) is 9.27. The minimum absolute atomic E-state index is 0.0473. The number of hydrogen-bond acceptors (Lipinski definition) is 3. The average molecular weight is 343 g/mol. The van der Waals surface area contributed by atoms with Crippen molar-refractivity contribution in [1.82, 2.24) is 15.5 Å². The largest absolute Gasteiger partial charge is 0.352 e. The molecule has 1 aromatic carbocycles. The minimum Gasteiger partial charge on any atom is -0.352 e. The van der Waals surface area contributed by atoms with Crippen molar-refractivity contribution in [2.24, 2.45) is 5.41 Å².